The van der Waals surface area contributed by atoms with Crippen molar-refractivity contribution in [2.45, 2.75) is 33.7 Å². The number of hydrogen-bond acceptors (Lipinski definition) is 6. The molecule has 0 saturated heterocycles. The number of fused-ring (bicyclic) bond motifs is 1. The minimum Gasteiger partial charge on any atom is -0.465 e. The van der Waals surface area contributed by atoms with Gasteiger partial charge in [0.05, 0.1) is 11.7 Å². The molecule has 0 radical (unpaired) electrons. The fraction of sp³-hybridized carbons (Fsp3) is 0.400. The molecule has 0 aliphatic rings. The van der Waals surface area contributed by atoms with Gasteiger partial charge in [0.25, 0.3) is 0 Å². The first-order valence-corrected chi connectivity index (χ1v) is 7.41. The monoisotopic (exact) mass is 330 g/mol. The smallest absolute Gasteiger partial charge is 0.405 e. The van der Waals surface area contributed by atoms with E-state index in [1.807, 2.05) is 27.7 Å². The van der Waals surface area contributed by atoms with E-state index in [9.17, 15) is 4.79 Å². The van der Waals surface area contributed by atoms with Gasteiger partial charge in [0.2, 0.25) is 0 Å². The Hall–Kier alpha value is -2.97. The highest BCUT2D eigenvalue weighted by atomic mass is 16.5. The molecule has 3 rings (SSSR count). The van der Waals surface area contributed by atoms with Crippen LogP contribution in [0.25, 0.3) is 17.1 Å². The number of rotatable bonds is 3. The minimum absolute atomic E-state index is 0.415. The Morgan fingerprint density at radius 1 is 1.33 bits per heavy atom. The lowest BCUT2D eigenvalue weighted by molar-refractivity contribution is 0.172. The molecule has 9 nitrogen and oxygen atoms in total. The zero-order valence-electron chi connectivity index (χ0n) is 13.8. The Morgan fingerprint density at radius 3 is 2.67 bits per heavy atom. The highest BCUT2D eigenvalue weighted by molar-refractivity contribution is 5.65. The van der Waals surface area contributed by atoms with Crippen LogP contribution >= 0.6 is 0 Å². The average molecular weight is 330 g/mol. The first-order chi connectivity index (χ1) is 11.3. The summed E-state index contributed by atoms with van der Waals surface area (Å²) in [5, 5.41) is 28.2. The van der Waals surface area contributed by atoms with Crippen molar-refractivity contribution >= 4 is 11.7 Å². The van der Waals surface area contributed by atoms with Gasteiger partial charge in [-0.05, 0) is 24.5 Å². The van der Waals surface area contributed by atoms with E-state index in [4.69, 9.17) is 9.63 Å². The number of carboxylic acid groups (broad SMARTS) is 1. The predicted molar refractivity (Wildman–Crippen MR) is 84.4 cm³/mol. The van der Waals surface area contributed by atoms with Gasteiger partial charge >= 0.3 is 6.09 Å². The molecule has 1 unspecified atom stereocenters. The third kappa shape index (κ3) is 2.92. The van der Waals surface area contributed by atoms with Crippen molar-refractivity contribution in [3.8, 4) is 11.5 Å². The summed E-state index contributed by atoms with van der Waals surface area (Å²) >= 11 is 0. The SMILES string of the molecule is Cc1cc(-c2ccc3nnc(C(NC(=O)O)C(C)(C)C)n3n2)on1. The van der Waals surface area contributed by atoms with Crippen molar-refractivity contribution in [3.63, 3.8) is 0 Å². The van der Waals surface area contributed by atoms with Gasteiger partial charge in [-0.1, -0.05) is 25.9 Å². The summed E-state index contributed by atoms with van der Waals surface area (Å²) in [7, 11) is 0. The third-order valence-electron chi connectivity index (χ3n) is 3.56. The van der Waals surface area contributed by atoms with Crippen molar-refractivity contribution < 1.29 is 14.4 Å². The normalized spacial score (nSPS) is 13.2. The fourth-order valence-electron chi connectivity index (χ4n) is 2.39. The van der Waals surface area contributed by atoms with E-state index >= 15 is 0 Å². The van der Waals surface area contributed by atoms with Crippen LogP contribution in [0.4, 0.5) is 4.79 Å². The van der Waals surface area contributed by atoms with Gasteiger partial charge in [-0.25, -0.2) is 4.79 Å². The Bertz CT molecular complexity index is 892. The summed E-state index contributed by atoms with van der Waals surface area (Å²) in [6, 6.07) is 4.69. The fourth-order valence-corrected chi connectivity index (χ4v) is 2.39. The molecule has 0 bridgehead atoms. The van der Waals surface area contributed by atoms with Gasteiger partial charge in [-0.15, -0.1) is 10.2 Å². The van der Waals surface area contributed by atoms with Crippen LogP contribution < -0.4 is 5.32 Å². The number of nitrogens with one attached hydrogen (secondary N) is 1. The van der Waals surface area contributed by atoms with Gasteiger partial charge in [-0.3, -0.25) is 0 Å². The zero-order valence-corrected chi connectivity index (χ0v) is 13.8. The second kappa shape index (κ2) is 5.59. The molecule has 2 N–H and O–H groups in total. The lowest BCUT2D eigenvalue weighted by Gasteiger charge is -2.28. The molecular weight excluding hydrogens is 312 g/mol. The van der Waals surface area contributed by atoms with Gasteiger partial charge in [0.15, 0.2) is 17.2 Å². The Morgan fingerprint density at radius 2 is 2.08 bits per heavy atom. The van der Waals surface area contributed by atoms with Crippen LogP contribution in [0.2, 0.25) is 0 Å². The molecule has 3 aromatic heterocycles. The number of aryl methyl sites for hydroxylation is 1. The number of aromatic nitrogens is 5. The summed E-state index contributed by atoms with van der Waals surface area (Å²) in [6.07, 6.45) is -1.13. The standard InChI is InChI=1S/C15H18N6O3/c1-8-7-10(24-20-8)9-5-6-11-17-18-13(21(11)19-9)12(15(2,3)4)16-14(22)23/h5-7,12,16H,1-4H3,(H,22,23). The summed E-state index contributed by atoms with van der Waals surface area (Å²) in [6.45, 7) is 7.57. The molecule has 1 atom stereocenters. The zero-order chi connectivity index (χ0) is 17.5. The molecule has 0 aromatic carbocycles. The van der Waals surface area contributed by atoms with E-state index in [0.717, 1.165) is 5.69 Å². The summed E-state index contributed by atoms with van der Waals surface area (Å²) < 4.78 is 6.76. The van der Waals surface area contributed by atoms with Gasteiger partial charge < -0.3 is 14.9 Å². The lowest BCUT2D eigenvalue weighted by atomic mass is 9.86. The summed E-state index contributed by atoms with van der Waals surface area (Å²) in [4.78, 5) is 11.2. The number of hydrogen-bond donors (Lipinski definition) is 2. The second-order valence-electron chi connectivity index (χ2n) is 6.63. The van der Waals surface area contributed by atoms with E-state index in [0.29, 0.717) is 22.9 Å². The second-order valence-corrected chi connectivity index (χ2v) is 6.63. The van der Waals surface area contributed by atoms with Crippen molar-refractivity contribution in [2.75, 3.05) is 0 Å². The first kappa shape index (κ1) is 15.9. The maximum atomic E-state index is 11.2. The van der Waals surface area contributed by atoms with Crippen molar-refractivity contribution in [3.05, 3.63) is 29.7 Å². The Balaban J connectivity index is 2.12. The third-order valence-corrected chi connectivity index (χ3v) is 3.56. The van der Waals surface area contributed by atoms with E-state index in [2.05, 4.69) is 25.8 Å². The lowest BCUT2D eigenvalue weighted by Crippen LogP contribution is -2.37. The van der Waals surface area contributed by atoms with Crippen LogP contribution in [0, 0.1) is 12.3 Å². The van der Waals surface area contributed by atoms with Crippen LogP contribution in [-0.2, 0) is 0 Å². The molecule has 24 heavy (non-hydrogen) atoms. The van der Waals surface area contributed by atoms with Gasteiger partial charge in [0, 0.05) is 6.07 Å². The average Bonchev–Trinajstić information content (AvgIpc) is 3.09. The molecule has 0 fully saturated rings. The number of nitrogens with zero attached hydrogens (tertiary/aromatic N) is 5. The molecule has 126 valence electrons. The molecule has 3 heterocycles. The van der Waals surface area contributed by atoms with E-state index < -0.39 is 17.6 Å². The summed E-state index contributed by atoms with van der Waals surface area (Å²) in [5.41, 5.74) is 1.41. The molecule has 0 spiro atoms. The maximum Gasteiger partial charge on any atom is 0.405 e. The van der Waals surface area contributed by atoms with Crippen molar-refractivity contribution in [1.29, 1.82) is 0 Å². The van der Waals surface area contributed by atoms with E-state index in [-0.39, 0.29) is 0 Å². The first-order valence-electron chi connectivity index (χ1n) is 7.41. The predicted octanol–water partition coefficient (Wildman–Crippen LogP) is 2.44. The molecule has 1 amide bonds. The van der Waals surface area contributed by atoms with Crippen molar-refractivity contribution in [2.24, 2.45) is 5.41 Å². The maximum absolute atomic E-state index is 11.2. The Kier molecular flexibility index (Phi) is 3.70. The highest BCUT2D eigenvalue weighted by Crippen LogP contribution is 2.32. The minimum atomic E-state index is -1.13. The molecule has 0 aliphatic carbocycles. The Labute approximate surface area is 137 Å². The topological polar surface area (TPSA) is 118 Å². The van der Waals surface area contributed by atoms with Crippen LogP contribution in [0.3, 0.4) is 0 Å². The number of amides is 1. The molecular formula is C15H18N6O3. The molecule has 9 heteroatoms. The molecule has 3 aromatic rings. The van der Waals surface area contributed by atoms with Crippen LogP contribution in [0.5, 0.6) is 0 Å². The van der Waals surface area contributed by atoms with Crippen LogP contribution in [-0.4, -0.2) is 36.2 Å². The highest BCUT2D eigenvalue weighted by Gasteiger charge is 2.32. The molecule has 0 saturated carbocycles. The summed E-state index contributed by atoms with van der Waals surface area (Å²) in [5.74, 6) is 0.936. The van der Waals surface area contributed by atoms with Crippen LogP contribution in [0.15, 0.2) is 22.7 Å². The molecule has 0 aliphatic heterocycles. The van der Waals surface area contributed by atoms with Gasteiger partial charge in [0.1, 0.15) is 5.69 Å². The van der Waals surface area contributed by atoms with E-state index in [1.165, 1.54) is 4.52 Å². The number of carbonyl (C=O) groups is 1. The van der Waals surface area contributed by atoms with Crippen molar-refractivity contribution in [1.82, 2.24) is 30.3 Å². The van der Waals surface area contributed by atoms with Gasteiger partial charge in [-0.2, -0.15) is 9.61 Å². The quantitative estimate of drug-likeness (QED) is 0.757. The largest absolute Gasteiger partial charge is 0.465 e. The van der Waals surface area contributed by atoms with Crippen LogP contribution in [0.1, 0.15) is 38.3 Å². The van der Waals surface area contributed by atoms with E-state index in [1.54, 1.807) is 18.2 Å².